The molecule has 0 aliphatic heterocycles. The zero-order valence-electron chi connectivity index (χ0n) is 63.9. The van der Waals surface area contributed by atoms with Gasteiger partial charge in [0.25, 0.3) is 0 Å². The molecule has 0 aliphatic carbocycles. The fraction of sp³-hybridized carbons (Fsp3) is 0. The lowest BCUT2D eigenvalue weighted by Crippen LogP contribution is -1.98. The first-order chi connectivity index (χ1) is 59.4. The Morgan fingerprint density at radius 1 is 0.150 bits per heavy atom. The molecule has 0 radical (unpaired) electrons. The Labute approximate surface area is 701 Å². The molecule has 26 rings (SSSR count). The lowest BCUT2D eigenvalue weighted by molar-refractivity contribution is 1.18. The summed E-state index contributed by atoms with van der Waals surface area (Å²) in [5.41, 5.74) is 15.1. The lowest BCUT2D eigenvalue weighted by atomic mass is 9.97. The molecule has 0 unspecified atom stereocenters. The third-order valence-electron chi connectivity index (χ3n) is 23.0. The predicted molar refractivity (Wildman–Crippen MR) is 509 cm³/mol. The van der Waals surface area contributed by atoms with Crippen molar-refractivity contribution in [2.75, 3.05) is 0 Å². The maximum Gasteiger partial charge on any atom is 0.179 e. The van der Waals surface area contributed by atoms with Gasteiger partial charge in [0.15, 0.2) is 17.5 Å². The molecule has 0 amide bonds. The smallest absolute Gasteiger partial charge is 0.179 e. The first-order valence-corrected chi connectivity index (χ1v) is 43.1. The van der Waals surface area contributed by atoms with Crippen LogP contribution in [0.15, 0.2) is 370 Å². The summed E-state index contributed by atoms with van der Waals surface area (Å²) in [6.07, 6.45) is 1.94. The Bertz CT molecular complexity index is 8700. The quantitative estimate of drug-likeness (QED) is 0.144. The fourth-order valence-electron chi connectivity index (χ4n) is 17.4. The molecule has 0 aliphatic rings. The second kappa shape index (κ2) is 28.5. The van der Waals surface area contributed by atoms with Gasteiger partial charge in [0.1, 0.15) is 11.4 Å². The minimum absolute atomic E-state index is 0.641. The summed E-state index contributed by atoms with van der Waals surface area (Å²) in [4.78, 5) is 46.4. The van der Waals surface area contributed by atoms with Gasteiger partial charge in [-0.25, -0.2) is 44.9 Å². The van der Waals surface area contributed by atoms with Gasteiger partial charge in [-0.1, -0.05) is 279 Å². The molecule has 558 valence electrons. The Morgan fingerprint density at radius 2 is 0.458 bits per heavy atom. The van der Waals surface area contributed by atoms with Crippen molar-refractivity contribution >= 4 is 213 Å². The van der Waals surface area contributed by atoms with Crippen molar-refractivity contribution in [3.63, 3.8) is 0 Å². The SMILES string of the molecule is c1ccc(-c2nc(-c3nc4cc5c(cc4c4ccccc34)sc3ccccc35)nc3ccccc23)cc1.c1ccc(-c2ncc(-c3nc4cc5c(cc4c4ccccc34)sc3ccccc35)c(-c3ccccc3)n2)cc1.c1ccc2c(-c3ccc4sc5ccccc5c4c3)nc(-c3nc4cc5c(cc4c4ccccc34)sc3ccccc35)nc2c1. The van der Waals surface area contributed by atoms with Crippen LogP contribution in [0, 0.1) is 0 Å². The van der Waals surface area contributed by atoms with Crippen molar-refractivity contribution in [1.82, 2.24) is 44.9 Å². The minimum Gasteiger partial charge on any atom is -0.247 e. The maximum absolute atomic E-state index is 5.32. The summed E-state index contributed by atoms with van der Waals surface area (Å²) in [6, 6.07) is 128. The standard InChI is InChI=1S/C39H21N3S2.C35H21N3S.C33H19N3S/c1-2-12-26-23(9-1)28-21-36-30(25-11-5-8-16-34(25)44-36)20-32(28)40-38(26)39-41-31-14-6-3-13-27(31)37(42-39)22-17-18-35-29(19-22)24-10-4-7-15-33(24)43-35;1-3-11-22(12-4-1)33-29(21-36-35(38-33)23-13-5-2-6-14-23)34-26-17-8-7-15-24(26)27-20-32-28(19-30(27)37-34)25-16-9-10-18-31(25)39-32;1-2-10-20(11-3-1)31-24-15-6-8-16-27(24)35-33(36-31)32-23-14-5-4-12-21(23)25-19-30-26(18-28(25)34-32)22-13-7-9-17-29(22)37-30/h1-21H;1-21H;1-19H. The molecule has 13 heteroatoms. The number of fused-ring (bicyclic) bond motifs is 23. The van der Waals surface area contributed by atoms with E-state index in [9.17, 15) is 0 Å². The van der Waals surface area contributed by atoms with Gasteiger partial charge < -0.3 is 0 Å². The van der Waals surface area contributed by atoms with Crippen molar-refractivity contribution in [2.24, 2.45) is 0 Å². The van der Waals surface area contributed by atoms with Crippen LogP contribution in [0.1, 0.15) is 0 Å². The molecule has 0 saturated heterocycles. The van der Waals surface area contributed by atoms with Crippen LogP contribution < -0.4 is 0 Å². The first kappa shape index (κ1) is 69.5. The second-order valence-electron chi connectivity index (χ2n) is 30.1. The van der Waals surface area contributed by atoms with E-state index in [1.807, 2.05) is 136 Å². The summed E-state index contributed by atoms with van der Waals surface area (Å²) in [5, 5.41) is 22.3. The molecule has 10 heterocycles. The monoisotopic (exact) mass is 1600 g/mol. The normalized spacial score (nSPS) is 11.8. The highest BCUT2D eigenvalue weighted by molar-refractivity contribution is 7.27. The lowest BCUT2D eigenvalue weighted by Gasteiger charge is -2.14. The molecule has 10 aromatic heterocycles. The third-order valence-corrected chi connectivity index (χ3v) is 27.6. The average molecular weight is 1600 g/mol. The largest absolute Gasteiger partial charge is 0.247 e. The van der Waals surface area contributed by atoms with Crippen LogP contribution >= 0.6 is 45.3 Å². The summed E-state index contributed by atoms with van der Waals surface area (Å²) in [7, 11) is 0. The number of benzene rings is 16. The number of thiophene rings is 4. The fourth-order valence-corrected chi connectivity index (χ4v) is 21.9. The molecule has 0 atom stereocenters. The number of pyridine rings is 3. The molecule has 120 heavy (non-hydrogen) atoms. The topological polar surface area (TPSA) is 116 Å². The molecule has 0 N–H and O–H groups in total. The van der Waals surface area contributed by atoms with Gasteiger partial charge in [-0.2, -0.15) is 0 Å². The van der Waals surface area contributed by atoms with E-state index in [0.717, 1.165) is 138 Å². The van der Waals surface area contributed by atoms with E-state index in [1.54, 1.807) is 0 Å². The zero-order chi connectivity index (χ0) is 78.9. The van der Waals surface area contributed by atoms with Crippen LogP contribution in [-0.2, 0) is 0 Å². The maximum atomic E-state index is 5.32. The Balaban J connectivity index is 0.000000103. The Kier molecular flexibility index (Phi) is 16.5. The van der Waals surface area contributed by atoms with Crippen molar-refractivity contribution in [3.05, 3.63) is 370 Å². The van der Waals surface area contributed by atoms with E-state index in [2.05, 4.69) is 279 Å². The molecule has 9 nitrogen and oxygen atoms in total. The Morgan fingerprint density at radius 3 is 0.892 bits per heavy atom. The van der Waals surface area contributed by atoms with E-state index >= 15 is 0 Å². The van der Waals surface area contributed by atoms with Gasteiger partial charge in [0, 0.05) is 158 Å². The molecular formula is C107H61N9S4. The van der Waals surface area contributed by atoms with E-state index < -0.39 is 0 Å². The van der Waals surface area contributed by atoms with Crippen LogP contribution in [0.5, 0.6) is 0 Å². The third kappa shape index (κ3) is 11.8. The van der Waals surface area contributed by atoms with Crippen LogP contribution in [0.2, 0.25) is 0 Å². The van der Waals surface area contributed by atoms with Crippen LogP contribution in [-0.4, -0.2) is 44.9 Å². The van der Waals surface area contributed by atoms with Gasteiger partial charge in [-0.3, -0.25) is 0 Å². The molecule has 0 spiro atoms. The van der Waals surface area contributed by atoms with E-state index in [0.29, 0.717) is 17.5 Å². The van der Waals surface area contributed by atoms with Crippen LogP contribution in [0.3, 0.4) is 0 Å². The number of hydrogen-bond acceptors (Lipinski definition) is 13. The van der Waals surface area contributed by atoms with E-state index in [4.69, 9.17) is 44.9 Å². The number of para-hydroxylation sites is 2. The van der Waals surface area contributed by atoms with Gasteiger partial charge in [0.2, 0.25) is 0 Å². The number of rotatable bonds is 7. The van der Waals surface area contributed by atoms with E-state index in [1.165, 1.54) is 91.5 Å². The summed E-state index contributed by atoms with van der Waals surface area (Å²) < 4.78 is 10.3. The number of hydrogen-bond donors (Lipinski definition) is 0. The first-order valence-electron chi connectivity index (χ1n) is 39.9. The van der Waals surface area contributed by atoms with Crippen molar-refractivity contribution in [3.8, 4) is 79.5 Å². The summed E-state index contributed by atoms with van der Waals surface area (Å²) in [5.74, 6) is 1.99. The zero-order valence-corrected chi connectivity index (χ0v) is 67.1. The number of nitrogens with zero attached hydrogens (tertiary/aromatic N) is 9. The van der Waals surface area contributed by atoms with Crippen molar-refractivity contribution in [2.45, 2.75) is 0 Å². The Hall–Kier alpha value is -14.8. The van der Waals surface area contributed by atoms with Crippen molar-refractivity contribution in [1.29, 1.82) is 0 Å². The van der Waals surface area contributed by atoms with Gasteiger partial charge in [-0.05, 0) is 101 Å². The molecule has 26 aromatic rings. The molecule has 0 bridgehead atoms. The van der Waals surface area contributed by atoms with Crippen LogP contribution in [0.25, 0.3) is 247 Å². The average Bonchev–Trinajstić information content (AvgIpc) is 1.39. The van der Waals surface area contributed by atoms with Crippen molar-refractivity contribution < 1.29 is 0 Å². The van der Waals surface area contributed by atoms with Crippen LogP contribution in [0.4, 0.5) is 0 Å². The minimum atomic E-state index is 0.641. The molecular weight excluding hydrogens is 1540 g/mol. The predicted octanol–water partition coefficient (Wildman–Crippen LogP) is 30.0. The van der Waals surface area contributed by atoms with Gasteiger partial charge in [0.05, 0.1) is 50.4 Å². The highest BCUT2D eigenvalue weighted by Crippen LogP contribution is 2.47. The van der Waals surface area contributed by atoms with Gasteiger partial charge >= 0.3 is 0 Å². The highest BCUT2D eigenvalue weighted by Gasteiger charge is 2.24. The molecule has 0 fully saturated rings. The van der Waals surface area contributed by atoms with E-state index in [-0.39, 0.29) is 0 Å². The highest BCUT2D eigenvalue weighted by atomic mass is 32.1. The molecule has 0 saturated carbocycles. The summed E-state index contributed by atoms with van der Waals surface area (Å²) >= 11 is 7.34. The summed E-state index contributed by atoms with van der Waals surface area (Å²) in [6.45, 7) is 0. The molecule has 16 aromatic carbocycles. The second-order valence-corrected chi connectivity index (χ2v) is 34.4. The number of aromatic nitrogens is 9. The van der Waals surface area contributed by atoms with Gasteiger partial charge in [-0.15, -0.1) is 45.3 Å².